The van der Waals surface area contributed by atoms with Crippen LogP contribution in [0.5, 0.6) is 5.75 Å². The van der Waals surface area contributed by atoms with Crippen LogP contribution >= 0.6 is 0 Å². The number of carbonyl (C=O) groups is 1. The van der Waals surface area contributed by atoms with E-state index in [0.29, 0.717) is 6.42 Å². The third kappa shape index (κ3) is 3.19. The van der Waals surface area contributed by atoms with Crippen LogP contribution in [0.3, 0.4) is 0 Å². The second kappa shape index (κ2) is 6.53. The van der Waals surface area contributed by atoms with Gasteiger partial charge in [0.05, 0.1) is 13.5 Å². The van der Waals surface area contributed by atoms with Gasteiger partial charge in [-0.25, -0.2) is 0 Å². The number of carbonyl (C=O) groups excluding carboxylic acids is 1. The Labute approximate surface area is 136 Å². The van der Waals surface area contributed by atoms with Crippen molar-refractivity contribution >= 4 is 22.4 Å². The molecule has 3 nitrogen and oxygen atoms in total. The summed E-state index contributed by atoms with van der Waals surface area (Å²) in [7, 11) is 3.43. The highest BCUT2D eigenvalue weighted by Gasteiger charge is 2.14. The number of fused-ring (bicyclic) bond motifs is 1. The summed E-state index contributed by atoms with van der Waals surface area (Å²) in [4.78, 5) is 14.3. The molecule has 3 aromatic carbocycles. The maximum Gasteiger partial charge on any atom is 0.231 e. The van der Waals surface area contributed by atoms with E-state index in [1.165, 1.54) is 5.39 Å². The molecular weight excluding hydrogens is 286 g/mol. The van der Waals surface area contributed by atoms with E-state index >= 15 is 0 Å². The molecule has 0 N–H and O–H groups in total. The first kappa shape index (κ1) is 15.1. The number of anilines is 1. The van der Waals surface area contributed by atoms with E-state index < -0.39 is 0 Å². The molecule has 0 aliphatic rings. The molecule has 0 atom stereocenters. The number of hydrogen-bond acceptors (Lipinski definition) is 2. The molecule has 3 rings (SSSR count). The molecule has 0 saturated heterocycles. The summed E-state index contributed by atoms with van der Waals surface area (Å²) in [5.74, 6) is 0.776. The zero-order valence-electron chi connectivity index (χ0n) is 13.3. The van der Waals surface area contributed by atoms with Crippen molar-refractivity contribution in [3.05, 3.63) is 72.3 Å². The topological polar surface area (TPSA) is 29.5 Å². The van der Waals surface area contributed by atoms with Crippen molar-refractivity contribution in [1.29, 1.82) is 0 Å². The van der Waals surface area contributed by atoms with Crippen molar-refractivity contribution in [3.63, 3.8) is 0 Å². The SMILES string of the molecule is COc1ccccc1CC(=O)N(C)c1ccc2ccccc2c1. The number of rotatable bonds is 4. The zero-order valence-corrected chi connectivity index (χ0v) is 13.3. The molecule has 0 aliphatic heterocycles. The van der Waals surface area contributed by atoms with Crippen LogP contribution in [0.2, 0.25) is 0 Å². The predicted octanol–water partition coefficient (Wildman–Crippen LogP) is 4.05. The second-order valence-corrected chi connectivity index (χ2v) is 5.47. The quantitative estimate of drug-likeness (QED) is 0.727. The lowest BCUT2D eigenvalue weighted by molar-refractivity contribution is -0.117. The van der Waals surface area contributed by atoms with Crippen molar-refractivity contribution < 1.29 is 9.53 Å². The van der Waals surface area contributed by atoms with Crippen molar-refractivity contribution in [1.82, 2.24) is 0 Å². The van der Waals surface area contributed by atoms with Gasteiger partial charge in [0.2, 0.25) is 5.91 Å². The van der Waals surface area contributed by atoms with Gasteiger partial charge in [0.1, 0.15) is 5.75 Å². The molecule has 0 aliphatic carbocycles. The van der Waals surface area contributed by atoms with Crippen LogP contribution in [-0.4, -0.2) is 20.1 Å². The summed E-state index contributed by atoms with van der Waals surface area (Å²) in [5.41, 5.74) is 1.79. The molecular formula is C20H19NO2. The number of ether oxygens (including phenoxy) is 1. The number of hydrogen-bond donors (Lipinski definition) is 0. The van der Waals surface area contributed by atoms with Gasteiger partial charge < -0.3 is 9.64 Å². The van der Waals surface area contributed by atoms with Crippen molar-refractivity contribution in [2.75, 3.05) is 19.1 Å². The van der Waals surface area contributed by atoms with E-state index in [0.717, 1.165) is 22.4 Å². The smallest absolute Gasteiger partial charge is 0.231 e. The Balaban J connectivity index is 1.83. The van der Waals surface area contributed by atoms with E-state index in [-0.39, 0.29) is 5.91 Å². The number of para-hydroxylation sites is 1. The number of nitrogens with zero attached hydrogens (tertiary/aromatic N) is 1. The largest absolute Gasteiger partial charge is 0.496 e. The number of benzene rings is 3. The van der Waals surface area contributed by atoms with Crippen LogP contribution < -0.4 is 9.64 Å². The predicted molar refractivity (Wildman–Crippen MR) is 94.1 cm³/mol. The Morgan fingerprint density at radius 2 is 1.65 bits per heavy atom. The Kier molecular flexibility index (Phi) is 4.29. The highest BCUT2D eigenvalue weighted by molar-refractivity contribution is 5.97. The van der Waals surface area contributed by atoms with E-state index in [4.69, 9.17) is 4.74 Å². The van der Waals surface area contributed by atoms with Gasteiger partial charge in [-0.3, -0.25) is 4.79 Å². The Bertz CT molecular complexity index is 842. The molecule has 0 unspecified atom stereocenters. The highest BCUT2D eigenvalue weighted by Crippen LogP contribution is 2.23. The summed E-state index contributed by atoms with van der Waals surface area (Å²) >= 11 is 0. The summed E-state index contributed by atoms with van der Waals surface area (Å²) in [5, 5.41) is 2.30. The third-order valence-corrected chi connectivity index (χ3v) is 4.03. The average molecular weight is 305 g/mol. The van der Waals surface area contributed by atoms with Crippen LogP contribution in [0.25, 0.3) is 10.8 Å². The second-order valence-electron chi connectivity index (χ2n) is 5.47. The number of amides is 1. The average Bonchev–Trinajstić information content (AvgIpc) is 2.61. The molecule has 0 radical (unpaired) electrons. The monoisotopic (exact) mass is 305 g/mol. The van der Waals surface area contributed by atoms with Gasteiger partial charge in [-0.15, -0.1) is 0 Å². The van der Waals surface area contributed by atoms with Gasteiger partial charge in [0, 0.05) is 18.3 Å². The molecule has 1 amide bonds. The Hall–Kier alpha value is -2.81. The van der Waals surface area contributed by atoms with Gasteiger partial charge in [0.15, 0.2) is 0 Å². The summed E-state index contributed by atoms with van der Waals surface area (Å²) < 4.78 is 5.32. The van der Waals surface area contributed by atoms with Gasteiger partial charge in [-0.05, 0) is 29.0 Å². The number of methoxy groups -OCH3 is 1. The molecule has 0 bridgehead atoms. The molecule has 0 fully saturated rings. The van der Waals surface area contributed by atoms with Crippen molar-refractivity contribution in [2.45, 2.75) is 6.42 Å². The van der Waals surface area contributed by atoms with Crippen molar-refractivity contribution in [2.24, 2.45) is 0 Å². The lowest BCUT2D eigenvalue weighted by Crippen LogP contribution is -2.27. The molecule has 0 spiro atoms. The maximum absolute atomic E-state index is 12.6. The first-order valence-corrected chi connectivity index (χ1v) is 7.56. The van der Waals surface area contributed by atoms with Gasteiger partial charge in [-0.1, -0.05) is 48.5 Å². The molecule has 3 aromatic rings. The Morgan fingerprint density at radius 3 is 2.43 bits per heavy atom. The molecule has 116 valence electrons. The Morgan fingerprint density at radius 1 is 0.957 bits per heavy atom. The minimum absolute atomic E-state index is 0.0322. The van der Waals surface area contributed by atoms with E-state index in [1.807, 2.05) is 61.6 Å². The van der Waals surface area contributed by atoms with Gasteiger partial charge >= 0.3 is 0 Å². The summed E-state index contributed by atoms with van der Waals surface area (Å²) in [6.45, 7) is 0. The van der Waals surface area contributed by atoms with E-state index in [1.54, 1.807) is 12.0 Å². The molecule has 0 heterocycles. The molecule has 3 heteroatoms. The van der Waals surface area contributed by atoms with E-state index in [9.17, 15) is 4.79 Å². The first-order chi connectivity index (χ1) is 11.2. The van der Waals surface area contributed by atoms with Crippen LogP contribution in [0, 0.1) is 0 Å². The van der Waals surface area contributed by atoms with Gasteiger partial charge in [-0.2, -0.15) is 0 Å². The standard InChI is InChI=1S/C20H19NO2/c1-21(18-12-11-15-7-3-4-8-16(15)13-18)20(22)14-17-9-5-6-10-19(17)23-2/h3-13H,14H2,1-2H3. The fourth-order valence-electron chi connectivity index (χ4n) is 2.66. The van der Waals surface area contributed by atoms with Gasteiger partial charge in [0.25, 0.3) is 0 Å². The molecule has 0 saturated carbocycles. The molecule has 0 aromatic heterocycles. The van der Waals surface area contributed by atoms with Crippen LogP contribution in [0.15, 0.2) is 66.7 Å². The highest BCUT2D eigenvalue weighted by atomic mass is 16.5. The third-order valence-electron chi connectivity index (χ3n) is 4.03. The normalized spacial score (nSPS) is 10.5. The summed E-state index contributed by atoms with van der Waals surface area (Å²) in [6.07, 6.45) is 0.313. The fraction of sp³-hybridized carbons (Fsp3) is 0.150. The van der Waals surface area contributed by atoms with Crippen LogP contribution in [-0.2, 0) is 11.2 Å². The van der Waals surface area contributed by atoms with E-state index in [2.05, 4.69) is 12.1 Å². The summed E-state index contributed by atoms with van der Waals surface area (Å²) in [6, 6.07) is 21.8. The first-order valence-electron chi connectivity index (χ1n) is 7.56. The minimum atomic E-state index is 0.0322. The van der Waals surface area contributed by atoms with Crippen LogP contribution in [0.1, 0.15) is 5.56 Å². The zero-order chi connectivity index (χ0) is 16.2. The molecule has 23 heavy (non-hydrogen) atoms. The van der Waals surface area contributed by atoms with Crippen LogP contribution in [0.4, 0.5) is 5.69 Å². The lowest BCUT2D eigenvalue weighted by Gasteiger charge is -2.18. The lowest BCUT2D eigenvalue weighted by atomic mass is 10.1. The number of likely N-dealkylation sites (N-methyl/N-ethyl adjacent to an activating group) is 1. The minimum Gasteiger partial charge on any atom is -0.496 e. The fourth-order valence-corrected chi connectivity index (χ4v) is 2.66. The maximum atomic E-state index is 12.6. The van der Waals surface area contributed by atoms with Crippen molar-refractivity contribution in [3.8, 4) is 5.75 Å².